The molecule has 2 N–H and O–H groups in total. The summed E-state index contributed by atoms with van der Waals surface area (Å²) in [6.07, 6.45) is 0.0166. The fourth-order valence-electron chi connectivity index (χ4n) is 2.69. The van der Waals surface area contributed by atoms with E-state index in [9.17, 15) is 9.59 Å². The minimum Gasteiger partial charge on any atom is -0.490 e. The number of rotatable bonds is 6. The number of carbonyl (C=O) groups is 2. The topological polar surface area (TPSA) is 76.7 Å². The number of hydrogen-bond acceptors (Lipinski definition) is 4. The first-order valence-corrected chi connectivity index (χ1v) is 10.8. The molecule has 8 heteroatoms. The quantitative estimate of drug-likeness (QED) is 0.436. The highest BCUT2D eigenvalue weighted by Crippen LogP contribution is 2.33. The van der Waals surface area contributed by atoms with E-state index in [2.05, 4.69) is 42.7 Å². The fraction of sp³-hybridized carbons (Fsp3) is 0.182. The average Bonchev–Trinajstić information content (AvgIpc) is 2.73. The first-order valence-electron chi connectivity index (χ1n) is 9.20. The van der Waals surface area contributed by atoms with Gasteiger partial charge in [-0.25, -0.2) is 0 Å². The van der Waals surface area contributed by atoms with Crippen LogP contribution in [0.1, 0.15) is 24.2 Å². The number of amides is 2. The zero-order chi connectivity index (χ0) is 21.7. The molecule has 0 saturated carbocycles. The third kappa shape index (κ3) is 5.52. The largest absolute Gasteiger partial charge is 0.490 e. The van der Waals surface area contributed by atoms with Crippen molar-refractivity contribution in [1.82, 2.24) is 10.9 Å². The number of nitrogens with one attached hydrogen (secondary N) is 2. The van der Waals surface area contributed by atoms with Gasteiger partial charge >= 0.3 is 0 Å². The second-order valence-electron chi connectivity index (χ2n) is 6.70. The van der Waals surface area contributed by atoms with Gasteiger partial charge in [-0.3, -0.25) is 20.4 Å². The Kier molecular flexibility index (Phi) is 7.33. The maximum Gasteiger partial charge on any atom is 0.276 e. The number of fused-ring (bicyclic) bond motifs is 1. The van der Waals surface area contributed by atoms with E-state index in [4.69, 9.17) is 9.47 Å². The molecular weight excluding hydrogens is 516 g/mol. The van der Waals surface area contributed by atoms with Gasteiger partial charge in [0, 0.05) is 5.56 Å². The van der Waals surface area contributed by atoms with Crippen molar-refractivity contribution in [2.45, 2.75) is 20.0 Å². The Morgan fingerprint density at radius 3 is 2.43 bits per heavy atom. The molecule has 0 saturated heterocycles. The Labute approximate surface area is 191 Å². The van der Waals surface area contributed by atoms with E-state index in [1.807, 2.05) is 44.2 Å². The summed E-state index contributed by atoms with van der Waals surface area (Å²) in [5.41, 5.74) is 5.10. The van der Waals surface area contributed by atoms with E-state index in [0.29, 0.717) is 21.5 Å². The molecule has 3 aromatic carbocycles. The maximum atomic E-state index is 12.3. The van der Waals surface area contributed by atoms with Gasteiger partial charge in [-0.1, -0.05) is 30.3 Å². The molecule has 0 heterocycles. The predicted octanol–water partition coefficient (Wildman–Crippen LogP) is 4.99. The molecule has 0 fully saturated rings. The number of ether oxygens (including phenoxy) is 2. The molecule has 0 aliphatic rings. The molecule has 0 radical (unpaired) electrons. The van der Waals surface area contributed by atoms with Crippen LogP contribution in [0.25, 0.3) is 10.8 Å². The standard InChI is InChI=1S/C22H20Br2N2O4/c1-13(2)30-18-9-8-15(11-17(18)23)22(28)26-25-20(27)12-29-19-10-7-14-5-3-4-6-16(14)21(19)24/h3-11,13H,12H2,1-2H3,(H,25,27)(H,26,28). The number of benzene rings is 3. The van der Waals surface area contributed by atoms with Crippen LogP contribution >= 0.6 is 31.9 Å². The van der Waals surface area contributed by atoms with Gasteiger partial charge in [0.25, 0.3) is 11.8 Å². The lowest BCUT2D eigenvalue weighted by atomic mass is 10.1. The van der Waals surface area contributed by atoms with Crippen LogP contribution in [-0.2, 0) is 4.79 Å². The van der Waals surface area contributed by atoms with E-state index < -0.39 is 11.8 Å². The lowest BCUT2D eigenvalue weighted by Gasteiger charge is -2.13. The minimum atomic E-state index is -0.484. The van der Waals surface area contributed by atoms with Crippen LogP contribution in [0.3, 0.4) is 0 Å². The Bertz CT molecular complexity index is 1090. The fourth-order valence-corrected chi connectivity index (χ4v) is 3.77. The SMILES string of the molecule is CC(C)Oc1ccc(C(=O)NNC(=O)COc2ccc3ccccc3c2Br)cc1Br. The van der Waals surface area contributed by atoms with Gasteiger partial charge in [0.1, 0.15) is 11.5 Å². The predicted molar refractivity (Wildman–Crippen MR) is 123 cm³/mol. The third-order valence-corrected chi connectivity index (χ3v) is 5.50. The number of halogens is 2. The Morgan fingerprint density at radius 1 is 0.967 bits per heavy atom. The smallest absolute Gasteiger partial charge is 0.276 e. The monoisotopic (exact) mass is 534 g/mol. The average molecular weight is 536 g/mol. The van der Waals surface area contributed by atoms with Crippen molar-refractivity contribution in [3.8, 4) is 11.5 Å². The molecule has 0 atom stereocenters. The molecule has 0 unspecified atom stereocenters. The normalized spacial score (nSPS) is 10.7. The molecular formula is C22H20Br2N2O4. The molecule has 3 aromatic rings. The summed E-state index contributed by atoms with van der Waals surface area (Å²) in [5.74, 6) is 0.245. The van der Waals surface area contributed by atoms with Crippen LogP contribution in [-0.4, -0.2) is 24.5 Å². The van der Waals surface area contributed by atoms with Gasteiger partial charge < -0.3 is 9.47 Å². The number of carbonyl (C=O) groups excluding carboxylic acids is 2. The highest BCUT2D eigenvalue weighted by molar-refractivity contribution is 9.11. The molecule has 0 aliphatic carbocycles. The molecule has 2 amide bonds. The Balaban J connectivity index is 1.54. The molecule has 0 aliphatic heterocycles. The summed E-state index contributed by atoms with van der Waals surface area (Å²) >= 11 is 6.89. The number of hydrazine groups is 1. The van der Waals surface area contributed by atoms with Crippen molar-refractivity contribution in [3.05, 3.63) is 69.1 Å². The molecule has 156 valence electrons. The van der Waals surface area contributed by atoms with Crippen LogP contribution in [0.5, 0.6) is 11.5 Å². The summed E-state index contributed by atoms with van der Waals surface area (Å²) in [7, 11) is 0. The van der Waals surface area contributed by atoms with Gasteiger partial charge in [-0.2, -0.15) is 0 Å². The second-order valence-corrected chi connectivity index (χ2v) is 8.35. The van der Waals surface area contributed by atoms with Crippen molar-refractivity contribution >= 4 is 54.4 Å². The van der Waals surface area contributed by atoms with Crippen LogP contribution in [0, 0.1) is 0 Å². The highest BCUT2D eigenvalue weighted by atomic mass is 79.9. The Hall–Kier alpha value is -2.58. The number of hydrogen-bond donors (Lipinski definition) is 2. The van der Waals surface area contributed by atoms with Crippen LogP contribution in [0.15, 0.2) is 63.5 Å². The summed E-state index contributed by atoms with van der Waals surface area (Å²) < 4.78 is 12.6. The van der Waals surface area contributed by atoms with Crippen LogP contribution < -0.4 is 20.3 Å². The third-order valence-electron chi connectivity index (χ3n) is 4.06. The molecule has 3 rings (SSSR count). The molecule has 0 bridgehead atoms. The van der Waals surface area contributed by atoms with Crippen molar-refractivity contribution in [2.24, 2.45) is 0 Å². The molecule has 0 spiro atoms. The summed E-state index contributed by atoms with van der Waals surface area (Å²) in [5, 5.41) is 2.04. The van der Waals surface area contributed by atoms with Gasteiger partial charge in [0.15, 0.2) is 6.61 Å². The van der Waals surface area contributed by atoms with Crippen molar-refractivity contribution in [2.75, 3.05) is 6.61 Å². The summed E-state index contributed by atoms with van der Waals surface area (Å²) in [4.78, 5) is 24.3. The zero-order valence-electron chi connectivity index (χ0n) is 16.4. The van der Waals surface area contributed by atoms with E-state index >= 15 is 0 Å². The highest BCUT2D eigenvalue weighted by Gasteiger charge is 2.12. The van der Waals surface area contributed by atoms with E-state index in [0.717, 1.165) is 15.2 Å². The van der Waals surface area contributed by atoms with Gasteiger partial charge in [-0.15, -0.1) is 0 Å². The van der Waals surface area contributed by atoms with Gasteiger partial charge in [0.2, 0.25) is 0 Å². The van der Waals surface area contributed by atoms with Gasteiger partial charge in [-0.05, 0) is 80.7 Å². The van der Waals surface area contributed by atoms with E-state index in [1.54, 1.807) is 24.3 Å². The lowest BCUT2D eigenvalue weighted by molar-refractivity contribution is -0.123. The molecule has 6 nitrogen and oxygen atoms in total. The van der Waals surface area contributed by atoms with Crippen LogP contribution in [0.2, 0.25) is 0 Å². The van der Waals surface area contributed by atoms with Crippen molar-refractivity contribution < 1.29 is 19.1 Å². The zero-order valence-corrected chi connectivity index (χ0v) is 19.5. The first-order chi connectivity index (χ1) is 14.3. The van der Waals surface area contributed by atoms with E-state index in [-0.39, 0.29) is 12.7 Å². The second kappa shape index (κ2) is 9.95. The van der Waals surface area contributed by atoms with Crippen molar-refractivity contribution in [1.29, 1.82) is 0 Å². The lowest BCUT2D eigenvalue weighted by Crippen LogP contribution is -2.43. The first kappa shape index (κ1) is 22.1. The molecule has 30 heavy (non-hydrogen) atoms. The molecule has 0 aromatic heterocycles. The maximum absolute atomic E-state index is 12.3. The summed E-state index contributed by atoms with van der Waals surface area (Å²) in [6.45, 7) is 3.59. The minimum absolute atomic E-state index is 0.0166. The van der Waals surface area contributed by atoms with E-state index in [1.165, 1.54) is 0 Å². The van der Waals surface area contributed by atoms with Crippen LogP contribution in [0.4, 0.5) is 0 Å². The van der Waals surface area contributed by atoms with Crippen molar-refractivity contribution in [3.63, 3.8) is 0 Å². The Morgan fingerprint density at radius 2 is 1.70 bits per heavy atom. The van der Waals surface area contributed by atoms with Gasteiger partial charge in [0.05, 0.1) is 15.0 Å². The summed E-state index contributed by atoms with van der Waals surface area (Å²) in [6, 6.07) is 16.5.